The fourth-order valence-electron chi connectivity index (χ4n) is 2.73. The molecule has 0 unspecified atom stereocenters. The number of aromatic nitrogens is 3. The van der Waals surface area contributed by atoms with Gasteiger partial charge in [0.15, 0.2) is 0 Å². The van der Waals surface area contributed by atoms with Crippen molar-refractivity contribution in [1.82, 2.24) is 20.1 Å². The lowest BCUT2D eigenvalue weighted by Crippen LogP contribution is -2.24. The molecule has 5 nitrogen and oxygen atoms in total. The zero-order valence-electron chi connectivity index (χ0n) is 15.2. The number of amides is 1. The average Bonchev–Trinajstić information content (AvgIpc) is 3.18. The van der Waals surface area contributed by atoms with Crippen LogP contribution in [0.4, 0.5) is 0 Å². The second-order valence-corrected chi connectivity index (χ2v) is 8.25. The van der Waals surface area contributed by atoms with Crippen LogP contribution in [0.2, 0.25) is 0 Å². The molecule has 3 aromatic rings. The SMILES string of the molecule is Cc1nn(-c2ccc(Br)cc2)c(C)c1C(=O)NCc1csc(C(C)C)n1. The number of rotatable bonds is 5. The molecule has 0 aliphatic rings. The van der Waals surface area contributed by atoms with Gasteiger partial charge in [-0.15, -0.1) is 11.3 Å². The Kier molecular flexibility index (Phi) is 5.58. The number of hydrogen-bond donors (Lipinski definition) is 1. The normalized spacial score (nSPS) is 11.2. The zero-order valence-corrected chi connectivity index (χ0v) is 17.6. The fourth-order valence-corrected chi connectivity index (χ4v) is 3.83. The van der Waals surface area contributed by atoms with E-state index in [2.05, 4.69) is 45.2 Å². The van der Waals surface area contributed by atoms with Gasteiger partial charge in [0, 0.05) is 15.8 Å². The Morgan fingerprint density at radius 1 is 1.27 bits per heavy atom. The maximum absolute atomic E-state index is 12.7. The van der Waals surface area contributed by atoms with E-state index in [0.717, 1.165) is 26.6 Å². The van der Waals surface area contributed by atoms with Gasteiger partial charge < -0.3 is 5.32 Å². The van der Waals surface area contributed by atoms with Crippen molar-refractivity contribution in [3.05, 3.63) is 61.8 Å². The molecule has 136 valence electrons. The van der Waals surface area contributed by atoms with Gasteiger partial charge in [-0.1, -0.05) is 29.8 Å². The Morgan fingerprint density at radius 3 is 2.58 bits per heavy atom. The minimum atomic E-state index is -0.123. The molecule has 2 heterocycles. The first-order valence-electron chi connectivity index (χ1n) is 8.41. The molecule has 0 aliphatic carbocycles. The Labute approximate surface area is 165 Å². The molecular weight excluding hydrogens is 412 g/mol. The van der Waals surface area contributed by atoms with E-state index >= 15 is 0 Å². The highest BCUT2D eigenvalue weighted by Gasteiger charge is 2.19. The molecular formula is C19H21BrN4OS. The van der Waals surface area contributed by atoms with Gasteiger partial charge in [-0.05, 0) is 38.1 Å². The van der Waals surface area contributed by atoms with Crippen molar-refractivity contribution in [2.45, 2.75) is 40.2 Å². The van der Waals surface area contributed by atoms with E-state index in [1.54, 1.807) is 16.0 Å². The largest absolute Gasteiger partial charge is 0.346 e. The highest BCUT2D eigenvalue weighted by molar-refractivity contribution is 9.10. The van der Waals surface area contributed by atoms with E-state index in [1.165, 1.54) is 0 Å². The van der Waals surface area contributed by atoms with Crippen LogP contribution in [-0.2, 0) is 6.54 Å². The smallest absolute Gasteiger partial charge is 0.255 e. The maximum atomic E-state index is 12.7. The highest BCUT2D eigenvalue weighted by atomic mass is 79.9. The summed E-state index contributed by atoms with van der Waals surface area (Å²) in [4.78, 5) is 17.3. The lowest BCUT2D eigenvalue weighted by atomic mass is 10.2. The molecule has 0 spiro atoms. The van der Waals surface area contributed by atoms with Gasteiger partial charge >= 0.3 is 0 Å². The van der Waals surface area contributed by atoms with Crippen LogP contribution in [0.15, 0.2) is 34.1 Å². The summed E-state index contributed by atoms with van der Waals surface area (Å²) in [6.45, 7) is 8.42. The molecule has 1 N–H and O–H groups in total. The molecule has 0 fully saturated rings. The van der Waals surface area contributed by atoms with E-state index in [0.29, 0.717) is 23.7 Å². The minimum Gasteiger partial charge on any atom is -0.346 e. The van der Waals surface area contributed by atoms with Gasteiger partial charge in [-0.2, -0.15) is 5.10 Å². The number of hydrogen-bond acceptors (Lipinski definition) is 4. The van der Waals surface area contributed by atoms with Crippen molar-refractivity contribution in [2.24, 2.45) is 0 Å². The van der Waals surface area contributed by atoms with Gasteiger partial charge in [0.25, 0.3) is 5.91 Å². The van der Waals surface area contributed by atoms with Crippen molar-refractivity contribution >= 4 is 33.2 Å². The minimum absolute atomic E-state index is 0.123. The van der Waals surface area contributed by atoms with Crippen LogP contribution >= 0.6 is 27.3 Å². The monoisotopic (exact) mass is 432 g/mol. The number of carbonyl (C=O) groups is 1. The van der Waals surface area contributed by atoms with Crippen molar-refractivity contribution < 1.29 is 4.79 Å². The zero-order chi connectivity index (χ0) is 18.8. The van der Waals surface area contributed by atoms with E-state index in [1.807, 2.05) is 43.5 Å². The fraction of sp³-hybridized carbons (Fsp3) is 0.316. The Morgan fingerprint density at radius 2 is 1.96 bits per heavy atom. The molecule has 1 amide bonds. The second kappa shape index (κ2) is 7.72. The van der Waals surface area contributed by atoms with Gasteiger partial charge in [-0.3, -0.25) is 4.79 Å². The van der Waals surface area contributed by atoms with Gasteiger partial charge in [0.05, 0.1) is 39.9 Å². The number of thiazole rings is 1. The third-order valence-corrected chi connectivity index (χ3v) is 5.81. The maximum Gasteiger partial charge on any atom is 0.255 e. The number of aryl methyl sites for hydroxylation is 1. The standard InChI is InChI=1S/C19H21BrN4OS/c1-11(2)19-22-15(10-26-19)9-21-18(25)17-12(3)23-24(13(17)4)16-7-5-14(20)6-8-16/h5-8,10-11H,9H2,1-4H3,(H,21,25). The summed E-state index contributed by atoms with van der Waals surface area (Å²) in [6.07, 6.45) is 0. The molecule has 7 heteroatoms. The van der Waals surface area contributed by atoms with Crippen LogP contribution in [0, 0.1) is 13.8 Å². The van der Waals surface area contributed by atoms with Crippen LogP contribution in [-0.4, -0.2) is 20.7 Å². The number of halogens is 1. The Hall–Kier alpha value is -1.99. The topological polar surface area (TPSA) is 59.8 Å². The number of benzene rings is 1. The molecule has 1 aromatic carbocycles. The van der Waals surface area contributed by atoms with Crippen molar-refractivity contribution in [3.8, 4) is 5.69 Å². The predicted octanol–water partition coefficient (Wildman–Crippen LogP) is 4.76. The average molecular weight is 433 g/mol. The van der Waals surface area contributed by atoms with Gasteiger partial charge in [0.1, 0.15) is 0 Å². The van der Waals surface area contributed by atoms with Crippen LogP contribution < -0.4 is 5.32 Å². The summed E-state index contributed by atoms with van der Waals surface area (Å²) in [6, 6.07) is 7.85. The van der Waals surface area contributed by atoms with Crippen LogP contribution in [0.25, 0.3) is 5.69 Å². The summed E-state index contributed by atoms with van der Waals surface area (Å²) in [5.74, 6) is 0.278. The Bertz CT molecular complexity index is 928. The number of nitrogens with one attached hydrogen (secondary N) is 1. The predicted molar refractivity (Wildman–Crippen MR) is 108 cm³/mol. The lowest BCUT2D eigenvalue weighted by Gasteiger charge is -2.06. The first kappa shape index (κ1) is 18.8. The summed E-state index contributed by atoms with van der Waals surface area (Å²) in [7, 11) is 0. The molecule has 3 rings (SSSR count). The van der Waals surface area contributed by atoms with E-state index in [9.17, 15) is 4.79 Å². The first-order chi connectivity index (χ1) is 12.4. The molecule has 0 saturated heterocycles. The van der Waals surface area contributed by atoms with Crippen LogP contribution in [0.1, 0.15) is 52.2 Å². The third kappa shape index (κ3) is 3.88. The molecule has 0 radical (unpaired) electrons. The molecule has 0 atom stereocenters. The van der Waals surface area contributed by atoms with Crippen LogP contribution in [0.3, 0.4) is 0 Å². The van der Waals surface area contributed by atoms with Gasteiger partial charge in [0.2, 0.25) is 0 Å². The molecule has 0 aliphatic heterocycles. The highest BCUT2D eigenvalue weighted by Crippen LogP contribution is 2.21. The second-order valence-electron chi connectivity index (χ2n) is 6.45. The summed E-state index contributed by atoms with van der Waals surface area (Å²) < 4.78 is 2.81. The van der Waals surface area contributed by atoms with Crippen molar-refractivity contribution in [2.75, 3.05) is 0 Å². The summed E-state index contributed by atoms with van der Waals surface area (Å²) in [5, 5.41) is 10.6. The number of carbonyl (C=O) groups excluding carboxylic acids is 1. The Balaban J connectivity index is 1.78. The van der Waals surface area contributed by atoms with Crippen molar-refractivity contribution in [3.63, 3.8) is 0 Å². The van der Waals surface area contributed by atoms with E-state index in [-0.39, 0.29) is 5.91 Å². The third-order valence-electron chi connectivity index (χ3n) is 4.08. The molecule has 2 aromatic heterocycles. The van der Waals surface area contributed by atoms with E-state index < -0.39 is 0 Å². The number of nitrogens with zero attached hydrogens (tertiary/aromatic N) is 3. The lowest BCUT2D eigenvalue weighted by molar-refractivity contribution is 0.0949. The first-order valence-corrected chi connectivity index (χ1v) is 10.1. The summed E-state index contributed by atoms with van der Waals surface area (Å²) in [5.41, 5.74) is 3.97. The quantitative estimate of drug-likeness (QED) is 0.631. The van der Waals surface area contributed by atoms with Crippen molar-refractivity contribution in [1.29, 1.82) is 0 Å². The molecule has 0 saturated carbocycles. The summed E-state index contributed by atoms with van der Waals surface area (Å²) >= 11 is 5.07. The van der Waals surface area contributed by atoms with E-state index in [4.69, 9.17) is 0 Å². The van der Waals surface area contributed by atoms with Gasteiger partial charge in [-0.25, -0.2) is 9.67 Å². The molecule has 0 bridgehead atoms. The van der Waals surface area contributed by atoms with Crippen LogP contribution in [0.5, 0.6) is 0 Å². The molecule has 26 heavy (non-hydrogen) atoms.